The van der Waals surface area contributed by atoms with Crippen molar-refractivity contribution in [1.82, 2.24) is 0 Å². The second-order valence-electron chi connectivity index (χ2n) is 5.04. The van der Waals surface area contributed by atoms with Gasteiger partial charge in [0.2, 0.25) is 0 Å². The summed E-state index contributed by atoms with van der Waals surface area (Å²) in [5, 5.41) is 14.1. The summed E-state index contributed by atoms with van der Waals surface area (Å²) >= 11 is 0. The number of nitro groups is 1. The zero-order valence-electron chi connectivity index (χ0n) is 11.3. The summed E-state index contributed by atoms with van der Waals surface area (Å²) in [5.74, 6) is 0. The third-order valence-electron chi connectivity index (χ3n) is 3.57. The summed E-state index contributed by atoms with van der Waals surface area (Å²) < 4.78 is 0. The lowest BCUT2D eigenvalue weighted by atomic mass is 9.97. The van der Waals surface area contributed by atoms with Crippen molar-refractivity contribution in [3.63, 3.8) is 0 Å². The molecule has 2 rings (SSSR count). The minimum absolute atomic E-state index is 0.182. The molecule has 1 aliphatic carbocycles. The average molecular weight is 260 g/mol. The van der Waals surface area contributed by atoms with E-state index in [1.165, 1.54) is 31.3 Å². The lowest BCUT2D eigenvalue weighted by molar-refractivity contribution is -0.385. The molecule has 0 aliphatic heterocycles. The summed E-state index contributed by atoms with van der Waals surface area (Å²) in [6, 6.07) is 5.31. The van der Waals surface area contributed by atoms with Gasteiger partial charge in [-0.05, 0) is 45.1 Å². The van der Waals surface area contributed by atoms with Crippen molar-refractivity contribution in [1.29, 1.82) is 0 Å². The molecule has 0 atom stereocenters. The first-order valence-electron chi connectivity index (χ1n) is 6.83. The fraction of sp³-hybridized carbons (Fsp3) is 0.467. The minimum atomic E-state index is -0.329. The van der Waals surface area contributed by atoms with E-state index < -0.39 is 0 Å². The molecule has 1 N–H and O–H groups in total. The molecule has 0 fully saturated rings. The number of anilines is 1. The molecule has 1 aromatic carbocycles. The first kappa shape index (κ1) is 13.6. The Kier molecular flexibility index (Phi) is 4.55. The van der Waals surface area contributed by atoms with E-state index >= 15 is 0 Å². The Labute approximate surface area is 113 Å². The number of rotatable bonds is 5. The molecule has 0 unspecified atom stereocenters. The zero-order chi connectivity index (χ0) is 13.7. The van der Waals surface area contributed by atoms with Crippen LogP contribution in [-0.2, 0) is 0 Å². The molecule has 0 aromatic heterocycles. The summed E-state index contributed by atoms with van der Waals surface area (Å²) in [6.45, 7) is 2.60. The van der Waals surface area contributed by atoms with E-state index in [-0.39, 0.29) is 10.6 Å². The second kappa shape index (κ2) is 6.36. The molecule has 0 heterocycles. The Bertz CT molecular complexity index is 495. The van der Waals surface area contributed by atoms with Gasteiger partial charge in [-0.3, -0.25) is 10.1 Å². The molecule has 19 heavy (non-hydrogen) atoms. The SMILES string of the molecule is Cc1ccc(NCCC2=CCCCC2)cc1[N+](=O)[O-]. The van der Waals surface area contributed by atoms with Crippen LogP contribution < -0.4 is 5.32 Å². The second-order valence-corrected chi connectivity index (χ2v) is 5.04. The van der Waals surface area contributed by atoms with Gasteiger partial charge in [0.25, 0.3) is 5.69 Å². The highest BCUT2D eigenvalue weighted by atomic mass is 16.6. The zero-order valence-corrected chi connectivity index (χ0v) is 11.3. The van der Waals surface area contributed by atoms with Gasteiger partial charge in [0.1, 0.15) is 0 Å². The summed E-state index contributed by atoms with van der Waals surface area (Å²) in [4.78, 5) is 10.5. The van der Waals surface area contributed by atoms with Crippen LogP contribution in [0.3, 0.4) is 0 Å². The van der Waals surface area contributed by atoms with Gasteiger partial charge in [-0.2, -0.15) is 0 Å². The van der Waals surface area contributed by atoms with Crippen LogP contribution in [0.25, 0.3) is 0 Å². The summed E-state index contributed by atoms with van der Waals surface area (Å²) in [6.07, 6.45) is 8.37. The first-order chi connectivity index (χ1) is 9.16. The maximum atomic E-state index is 10.9. The molecule has 0 spiro atoms. The smallest absolute Gasteiger partial charge is 0.274 e. The molecule has 0 amide bonds. The van der Waals surface area contributed by atoms with Gasteiger partial charge in [-0.15, -0.1) is 0 Å². The monoisotopic (exact) mass is 260 g/mol. The largest absolute Gasteiger partial charge is 0.385 e. The van der Waals surface area contributed by atoms with Gasteiger partial charge >= 0.3 is 0 Å². The van der Waals surface area contributed by atoms with Crippen LogP contribution in [0.1, 0.15) is 37.7 Å². The highest BCUT2D eigenvalue weighted by Crippen LogP contribution is 2.23. The number of aryl methyl sites for hydroxylation is 1. The normalized spacial score (nSPS) is 14.9. The third kappa shape index (κ3) is 3.81. The molecule has 0 radical (unpaired) electrons. The van der Waals surface area contributed by atoms with E-state index in [1.807, 2.05) is 6.07 Å². The fourth-order valence-corrected chi connectivity index (χ4v) is 2.42. The average Bonchev–Trinajstić information content (AvgIpc) is 2.41. The topological polar surface area (TPSA) is 55.2 Å². The van der Waals surface area contributed by atoms with Crippen molar-refractivity contribution >= 4 is 11.4 Å². The van der Waals surface area contributed by atoms with Crippen molar-refractivity contribution in [3.8, 4) is 0 Å². The molecule has 1 aliphatic rings. The summed E-state index contributed by atoms with van der Waals surface area (Å²) in [7, 11) is 0. The van der Waals surface area contributed by atoms with E-state index in [0.29, 0.717) is 5.56 Å². The highest BCUT2D eigenvalue weighted by molar-refractivity contribution is 5.54. The predicted octanol–water partition coefficient (Wildman–Crippen LogP) is 4.21. The van der Waals surface area contributed by atoms with Crippen molar-refractivity contribution in [2.75, 3.05) is 11.9 Å². The predicted molar refractivity (Wildman–Crippen MR) is 77.5 cm³/mol. The molecule has 4 nitrogen and oxygen atoms in total. The Morgan fingerprint density at radius 3 is 2.89 bits per heavy atom. The molecular weight excluding hydrogens is 240 g/mol. The Morgan fingerprint density at radius 1 is 1.37 bits per heavy atom. The Balaban J connectivity index is 1.90. The maximum Gasteiger partial charge on any atom is 0.274 e. The lowest BCUT2D eigenvalue weighted by Gasteiger charge is -2.13. The van der Waals surface area contributed by atoms with Crippen molar-refractivity contribution in [2.24, 2.45) is 0 Å². The van der Waals surface area contributed by atoms with Crippen LogP contribution in [0.4, 0.5) is 11.4 Å². The Hall–Kier alpha value is -1.84. The number of nitrogens with one attached hydrogen (secondary N) is 1. The first-order valence-corrected chi connectivity index (χ1v) is 6.83. The van der Waals surface area contributed by atoms with Gasteiger partial charge in [0.15, 0.2) is 0 Å². The van der Waals surface area contributed by atoms with E-state index in [4.69, 9.17) is 0 Å². The minimum Gasteiger partial charge on any atom is -0.385 e. The summed E-state index contributed by atoms with van der Waals surface area (Å²) in [5.41, 5.74) is 3.22. The molecular formula is C15H20N2O2. The molecule has 0 bridgehead atoms. The van der Waals surface area contributed by atoms with Gasteiger partial charge in [0, 0.05) is 23.9 Å². The van der Waals surface area contributed by atoms with Crippen LogP contribution in [0.2, 0.25) is 0 Å². The highest BCUT2D eigenvalue weighted by Gasteiger charge is 2.10. The van der Waals surface area contributed by atoms with Crippen molar-refractivity contribution in [3.05, 3.63) is 45.5 Å². The molecule has 4 heteroatoms. The van der Waals surface area contributed by atoms with E-state index in [9.17, 15) is 10.1 Å². The van der Waals surface area contributed by atoms with E-state index in [0.717, 1.165) is 18.7 Å². The van der Waals surface area contributed by atoms with Crippen LogP contribution in [0.5, 0.6) is 0 Å². The number of benzene rings is 1. The fourth-order valence-electron chi connectivity index (χ4n) is 2.42. The van der Waals surface area contributed by atoms with Gasteiger partial charge < -0.3 is 5.32 Å². The lowest BCUT2D eigenvalue weighted by Crippen LogP contribution is -2.05. The van der Waals surface area contributed by atoms with Gasteiger partial charge in [-0.25, -0.2) is 0 Å². The number of hydrogen-bond donors (Lipinski definition) is 1. The Morgan fingerprint density at radius 2 is 2.21 bits per heavy atom. The van der Waals surface area contributed by atoms with E-state index in [1.54, 1.807) is 19.1 Å². The van der Waals surface area contributed by atoms with Crippen molar-refractivity contribution < 1.29 is 4.92 Å². The third-order valence-corrected chi connectivity index (χ3v) is 3.57. The maximum absolute atomic E-state index is 10.9. The quantitative estimate of drug-likeness (QED) is 0.490. The molecule has 102 valence electrons. The molecule has 1 aromatic rings. The van der Waals surface area contributed by atoms with Crippen LogP contribution >= 0.6 is 0 Å². The molecule has 0 saturated carbocycles. The van der Waals surface area contributed by atoms with Gasteiger partial charge in [-0.1, -0.05) is 17.7 Å². The number of hydrogen-bond acceptors (Lipinski definition) is 3. The van der Waals surface area contributed by atoms with E-state index in [2.05, 4.69) is 11.4 Å². The van der Waals surface area contributed by atoms with Crippen LogP contribution in [0, 0.1) is 17.0 Å². The molecule has 0 saturated heterocycles. The number of nitro benzene ring substituents is 1. The van der Waals surface area contributed by atoms with Crippen LogP contribution in [-0.4, -0.2) is 11.5 Å². The number of allylic oxidation sites excluding steroid dienone is 1. The van der Waals surface area contributed by atoms with Gasteiger partial charge in [0.05, 0.1) is 4.92 Å². The van der Waals surface area contributed by atoms with Crippen molar-refractivity contribution in [2.45, 2.75) is 39.0 Å². The number of nitrogens with zero attached hydrogens (tertiary/aromatic N) is 1. The standard InChI is InChI=1S/C15H20N2O2/c1-12-7-8-14(11-15(12)17(18)19)16-10-9-13-5-3-2-4-6-13/h5,7-8,11,16H,2-4,6,9-10H2,1H3. The van der Waals surface area contributed by atoms with Crippen LogP contribution in [0.15, 0.2) is 29.8 Å².